The van der Waals surface area contributed by atoms with Gasteiger partial charge in [-0.1, -0.05) is 0 Å². The summed E-state index contributed by atoms with van der Waals surface area (Å²) < 4.78 is 39.5. The molecule has 1 saturated heterocycles. The van der Waals surface area contributed by atoms with Crippen LogP contribution >= 0.6 is 12.4 Å². The molecular formula is C12H14ClF3N2O2. The molecule has 1 aliphatic heterocycles. The lowest BCUT2D eigenvalue weighted by Gasteiger charge is -2.23. The van der Waals surface area contributed by atoms with Gasteiger partial charge in [-0.15, -0.1) is 12.4 Å². The molecule has 3 N–H and O–H groups in total. The molecule has 0 saturated carbocycles. The highest BCUT2D eigenvalue weighted by Gasteiger charge is 2.24. The first kappa shape index (κ1) is 16.6. The highest BCUT2D eigenvalue weighted by Crippen LogP contribution is 2.25. The number of hydrogen-bond donors (Lipinski definition) is 3. The van der Waals surface area contributed by atoms with Crippen molar-refractivity contribution in [3.63, 3.8) is 0 Å². The lowest BCUT2D eigenvalue weighted by atomic mass is 10.1. The van der Waals surface area contributed by atoms with Gasteiger partial charge in [0, 0.05) is 12.6 Å². The summed E-state index contributed by atoms with van der Waals surface area (Å²) in [7, 11) is 0. The van der Waals surface area contributed by atoms with Crippen molar-refractivity contribution in [1.29, 1.82) is 0 Å². The molecule has 1 aromatic carbocycles. The Hall–Kier alpha value is -1.47. The number of benzene rings is 1. The molecule has 1 atom stereocenters. The minimum absolute atomic E-state index is 0. The number of nitrogens with one attached hydrogen (secondary N) is 2. The van der Waals surface area contributed by atoms with Crippen LogP contribution in [0.25, 0.3) is 0 Å². The van der Waals surface area contributed by atoms with Gasteiger partial charge in [0.2, 0.25) is 5.82 Å². The first-order valence-electron chi connectivity index (χ1n) is 5.88. The summed E-state index contributed by atoms with van der Waals surface area (Å²) in [5.41, 5.74) is -0.707. The topological polar surface area (TPSA) is 61.4 Å². The van der Waals surface area contributed by atoms with E-state index in [1.807, 2.05) is 0 Å². The van der Waals surface area contributed by atoms with Crippen molar-refractivity contribution in [2.45, 2.75) is 18.9 Å². The normalized spacial score (nSPS) is 18.2. The Morgan fingerprint density at radius 1 is 1.35 bits per heavy atom. The van der Waals surface area contributed by atoms with Crippen LogP contribution in [-0.2, 0) is 0 Å². The molecular weight excluding hydrogens is 297 g/mol. The maximum absolute atomic E-state index is 13.5. The van der Waals surface area contributed by atoms with Crippen LogP contribution in [0.2, 0.25) is 0 Å². The molecule has 1 aromatic rings. The van der Waals surface area contributed by atoms with E-state index in [1.54, 1.807) is 0 Å². The molecule has 112 valence electrons. The van der Waals surface area contributed by atoms with Crippen molar-refractivity contribution in [2.75, 3.05) is 13.1 Å². The van der Waals surface area contributed by atoms with E-state index >= 15 is 0 Å². The molecule has 1 aliphatic rings. The number of phenolic OH excluding ortho intramolecular Hbond substituents is 1. The van der Waals surface area contributed by atoms with E-state index in [2.05, 4.69) is 10.6 Å². The van der Waals surface area contributed by atoms with Crippen molar-refractivity contribution in [3.8, 4) is 5.75 Å². The molecule has 8 heteroatoms. The molecule has 0 spiro atoms. The van der Waals surface area contributed by atoms with Gasteiger partial charge in [0.1, 0.15) is 0 Å². The van der Waals surface area contributed by atoms with Crippen molar-refractivity contribution in [2.24, 2.45) is 0 Å². The number of rotatable bonds is 2. The van der Waals surface area contributed by atoms with Gasteiger partial charge in [0.05, 0.1) is 5.56 Å². The maximum atomic E-state index is 13.5. The molecule has 20 heavy (non-hydrogen) atoms. The maximum Gasteiger partial charge on any atom is 0.254 e. The van der Waals surface area contributed by atoms with Gasteiger partial charge in [-0.2, -0.15) is 4.39 Å². The van der Waals surface area contributed by atoms with Crippen LogP contribution in [0.4, 0.5) is 13.2 Å². The molecule has 0 radical (unpaired) electrons. The van der Waals surface area contributed by atoms with Gasteiger partial charge in [-0.25, -0.2) is 8.78 Å². The highest BCUT2D eigenvalue weighted by atomic mass is 35.5. The van der Waals surface area contributed by atoms with Gasteiger partial charge in [0.25, 0.3) is 5.91 Å². The molecule has 1 fully saturated rings. The Balaban J connectivity index is 0.00000200. The predicted octanol–water partition coefficient (Wildman–Crippen LogP) is 1.71. The molecule has 0 aliphatic carbocycles. The zero-order valence-electron chi connectivity index (χ0n) is 10.4. The van der Waals surface area contributed by atoms with Crippen molar-refractivity contribution >= 4 is 18.3 Å². The van der Waals surface area contributed by atoms with E-state index in [1.165, 1.54) is 0 Å². The minimum Gasteiger partial charge on any atom is -0.503 e. The number of piperidine rings is 1. The highest BCUT2D eigenvalue weighted by molar-refractivity contribution is 5.95. The Labute approximate surface area is 119 Å². The predicted molar refractivity (Wildman–Crippen MR) is 68.6 cm³/mol. The van der Waals surface area contributed by atoms with Crippen LogP contribution < -0.4 is 10.6 Å². The number of carbonyl (C=O) groups excluding carboxylic acids is 1. The average molecular weight is 311 g/mol. The Morgan fingerprint density at radius 2 is 2.05 bits per heavy atom. The van der Waals surface area contributed by atoms with Crippen LogP contribution in [0.5, 0.6) is 5.75 Å². The lowest BCUT2D eigenvalue weighted by molar-refractivity contribution is 0.0924. The number of phenols is 1. The van der Waals surface area contributed by atoms with Crippen molar-refractivity contribution in [3.05, 3.63) is 29.1 Å². The molecule has 2 rings (SSSR count). The molecule has 1 heterocycles. The third-order valence-corrected chi connectivity index (χ3v) is 3.01. The second-order valence-electron chi connectivity index (χ2n) is 4.40. The Kier molecular flexibility index (Phi) is 5.64. The van der Waals surface area contributed by atoms with Gasteiger partial charge in [-0.3, -0.25) is 4.79 Å². The zero-order chi connectivity index (χ0) is 14.0. The fraction of sp³-hybridized carbons (Fsp3) is 0.417. The summed E-state index contributed by atoms with van der Waals surface area (Å²) >= 11 is 0. The molecule has 0 aromatic heterocycles. The fourth-order valence-electron chi connectivity index (χ4n) is 1.99. The number of amides is 1. The molecule has 1 amide bonds. The van der Waals surface area contributed by atoms with Gasteiger partial charge >= 0.3 is 0 Å². The first-order valence-corrected chi connectivity index (χ1v) is 5.88. The summed E-state index contributed by atoms with van der Waals surface area (Å²) in [4.78, 5) is 11.8. The van der Waals surface area contributed by atoms with E-state index in [0.717, 1.165) is 19.4 Å². The van der Waals surface area contributed by atoms with E-state index in [9.17, 15) is 18.0 Å². The first-order chi connectivity index (χ1) is 9.00. The number of hydrogen-bond acceptors (Lipinski definition) is 3. The summed E-state index contributed by atoms with van der Waals surface area (Å²) in [6, 6.07) is 0.242. The van der Waals surface area contributed by atoms with E-state index in [0.29, 0.717) is 12.6 Å². The van der Waals surface area contributed by atoms with Crippen LogP contribution in [0.15, 0.2) is 6.07 Å². The largest absolute Gasteiger partial charge is 0.503 e. The van der Waals surface area contributed by atoms with Crippen LogP contribution in [0.1, 0.15) is 23.2 Å². The molecule has 4 nitrogen and oxygen atoms in total. The second kappa shape index (κ2) is 6.81. The number of aromatic hydroxyl groups is 1. The zero-order valence-corrected chi connectivity index (χ0v) is 11.2. The SMILES string of the molecule is Cl.O=C(N[C@@H]1CCCNC1)c1cc(F)c(F)c(O)c1F. The average Bonchev–Trinajstić information content (AvgIpc) is 2.41. The quantitative estimate of drug-likeness (QED) is 0.729. The van der Waals surface area contributed by atoms with E-state index in [-0.39, 0.29) is 18.4 Å². The van der Waals surface area contributed by atoms with Crippen LogP contribution in [0.3, 0.4) is 0 Å². The van der Waals surface area contributed by atoms with Gasteiger partial charge in [-0.05, 0) is 25.5 Å². The van der Waals surface area contributed by atoms with E-state index in [4.69, 9.17) is 5.11 Å². The van der Waals surface area contributed by atoms with Crippen molar-refractivity contribution in [1.82, 2.24) is 10.6 Å². The van der Waals surface area contributed by atoms with Gasteiger partial charge < -0.3 is 15.7 Å². The summed E-state index contributed by atoms with van der Waals surface area (Å²) in [6.07, 6.45) is 1.58. The fourth-order valence-corrected chi connectivity index (χ4v) is 1.99. The van der Waals surface area contributed by atoms with Gasteiger partial charge in [0.15, 0.2) is 17.4 Å². The van der Waals surface area contributed by atoms with Crippen molar-refractivity contribution < 1.29 is 23.1 Å². The Morgan fingerprint density at radius 3 is 2.65 bits per heavy atom. The Bertz CT molecular complexity index is 508. The molecule has 0 bridgehead atoms. The lowest BCUT2D eigenvalue weighted by Crippen LogP contribution is -2.45. The van der Waals surface area contributed by atoms with Crippen LogP contribution in [0, 0.1) is 17.5 Å². The number of halogens is 4. The van der Waals surface area contributed by atoms with Crippen LogP contribution in [-0.4, -0.2) is 30.1 Å². The second-order valence-corrected chi connectivity index (χ2v) is 4.40. The third-order valence-electron chi connectivity index (χ3n) is 3.01. The van der Waals surface area contributed by atoms with E-state index < -0.39 is 34.7 Å². The molecule has 0 unspecified atom stereocenters. The summed E-state index contributed by atoms with van der Waals surface area (Å²) in [5, 5.41) is 14.6. The number of carbonyl (C=O) groups is 1. The standard InChI is InChI=1S/C12H13F3N2O2.ClH/c13-8-4-7(9(14)11(18)10(8)15)12(19)17-6-2-1-3-16-5-6;/h4,6,16,18H,1-3,5H2,(H,17,19);1H/t6-;/m1./s1. The summed E-state index contributed by atoms with van der Waals surface area (Å²) in [6.45, 7) is 1.37. The smallest absolute Gasteiger partial charge is 0.254 e. The third kappa shape index (κ3) is 3.34. The summed E-state index contributed by atoms with van der Waals surface area (Å²) in [5.74, 6) is -6.98. The minimum atomic E-state index is -1.70. The monoisotopic (exact) mass is 310 g/mol.